The highest BCUT2D eigenvalue weighted by Gasteiger charge is 2.34. The second-order valence-electron chi connectivity index (χ2n) is 4.97. The molecule has 94 valence electrons. The van der Waals surface area contributed by atoms with Gasteiger partial charge in [-0.2, -0.15) is 0 Å². The molecule has 3 unspecified atom stereocenters. The van der Waals surface area contributed by atoms with Crippen LogP contribution in [0.25, 0.3) is 0 Å². The molecule has 1 aliphatic carbocycles. The molecule has 0 aromatic carbocycles. The predicted molar refractivity (Wildman–Crippen MR) is 61.1 cm³/mol. The van der Waals surface area contributed by atoms with Gasteiger partial charge in [-0.1, -0.05) is 19.8 Å². The van der Waals surface area contributed by atoms with E-state index in [0.29, 0.717) is 5.92 Å². The Bertz CT molecular complexity index is 247. The van der Waals surface area contributed by atoms with E-state index in [1.54, 1.807) is 0 Å². The van der Waals surface area contributed by atoms with E-state index < -0.39 is 12.0 Å². The van der Waals surface area contributed by atoms with Crippen molar-refractivity contribution in [3.05, 3.63) is 0 Å². The molecule has 5 heteroatoms. The van der Waals surface area contributed by atoms with E-state index in [1.165, 1.54) is 6.42 Å². The molecule has 1 fully saturated rings. The standard InChI is InChI=1S/C11H22N2O3/c1-8-3-2-4-11(5-8,7-14)13-6-9(12)10(15)16/h8-9,13-14H,2-7,12H2,1H3,(H,15,16). The van der Waals surface area contributed by atoms with Gasteiger partial charge >= 0.3 is 5.97 Å². The Kier molecular flexibility index (Phi) is 4.70. The SMILES string of the molecule is CC1CCCC(CO)(NCC(N)C(=O)O)C1. The second-order valence-corrected chi connectivity index (χ2v) is 4.97. The molecule has 5 N–H and O–H groups in total. The first-order valence-corrected chi connectivity index (χ1v) is 5.83. The highest BCUT2D eigenvalue weighted by molar-refractivity contribution is 5.73. The zero-order chi connectivity index (χ0) is 12.2. The molecule has 0 aromatic rings. The summed E-state index contributed by atoms with van der Waals surface area (Å²) in [4.78, 5) is 10.6. The number of nitrogens with two attached hydrogens (primary N) is 1. The van der Waals surface area contributed by atoms with Crippen molar-refractivity contribution in [2.75, 3.05) is 13.2 Å². The fraction of sp³-hybridized carbons (Fsp3) is 0.909. The first-order chi connectivity index (χ1) is 7.49. The summed E-state index contributed by atoms with van der Waals surface area (Å²) in [6.45, 7) is 2.41. The molecule has 3 atom stereocenters. The van der Waals surface area contributed by atoms with Gasteiger partial charge in [0, 0.05) is 12.1 Å². The number of nitrogens with one attached hydrogen (secondary N) is 1. The van der Waals surface area contributed by atoms with E-state index in [2.05, 4.69) is 12.2 Å². The van der Waals surface area contributed by atoms with Crippen LogP contribution in [0.1, 0.15) is 32.6 Å². The van der Waals surface area contributed by atoms with Gasteiger partial charge in [0.15, 0.2) is 0 Å². The summed E-state index contributed by atoms with van der Waals surface area (Å²) in [5, 5.41) is 21.3. The summed E-state index contributed by atoms with van der Waals surface area (Å²) in [6, 6.07) is -0.902. The van der Waals surface area contributed by atoms with Crippen molar-refractivity contribution < 1.29 is 15.0 Å². The number of rotatable bonds is 5. The third-order valence-electron chi connectivity index (χ3n) is 3.41. The minimum atomic E-state index is -1.01. The number of carbonyl (C=O) groups is 1. The lowest BCUT2D eigenvalue weighted by molar-refractivity contribution is -0.138. The van der Waals surface area contributed by atoms with Gasteiger partial charge < -0.3 is 21.3 Å². The molecule has 0 amide bonds. The van der Waals surface area contributed by atoms with Gasteiger partial charge in [-0.05, 0) is 18.8 Å². The van der Waals surface area contributed by atoms with Gasteiger partial charge in [0.1, 0.15) is 6.04 Å². The number of hydrogen-bond donors (Lipinski definition) is 4. The van der Waals surface area contributed by atoms with Crippen LogP contribution >= 0.6 is 0 Å². The van der Waals surface area contributed by atoms with Gasteiger partial charge in [0.05, 0.1) is 6.61 Å². The summed E-state index contributed by atoms with van der Waals surface area (Å²) in [5.74, 6) is -0.445. The van der Waals surface area contributed by atoms with Crippen molar-refractivity contribution >= 4 is 5.97 Å². The van der Waals surface area contributed by atoms with Crippen LogP contribution in [-0.4, -0.2) is 40.9 Å². The van der Waals surface area contributed by atoms with Crippen LogP contribution in [0.3, 0.4) is 0 Å². The quantitative estimate of drug-likeness (QED) is 0.530. The minimum Gasteiger partial charge on any atom is -0.480 e. The van der Waals surface area contributed by atoms with Gasteiger partial charge in [0.2, 0.25) is 0 Å². The topological polar surface area (TPSA) is 95.6 Å². The van der Waals surface area contributed by atoms with Gasteiger partial charge in [-0.15, -0.1) is 0 Å². The lowest BCUT2D eigenvalue weighted by atomic mass is 9.77. The Morgan fingerprint density at radius 2 is 2.38 bits per heavy atom. The van der Waals surface area contributed by atoms with Crippen molar-refractivity contribution in [3.63, 3.8) is 0 Å². The number of carboxylic acid groups (broad SMARTS) is 1. The largest absolute Gasteiger partial charge is 0.480 e. The van der Waals surface area contributed by atoms with Crippen LogP contribution in [0.2, 0.25) is 0 Å². The smallest absolute Gasteiger partial charge is 0.321 e. The molecule has 0 aromatic heterocycles. The summed E-state index contributed by atoms with van der Waals surface area (Å²) in [7, 11) is 0. The fourth-order valence-corrected chi connectivity index (χ4v) is 2.43. The Hall–Kier alpha value is -0.650. The molecule has 5 nitrogen and oxygen atoms in total. The zero-order valence-corrected chi connectivity index (χ0v) is 9.78. The maximum atomic E-state index is 10.6. The molecule has 1 saturated carbocycles. The van der Waals surface area contributed by atoms with Gasteiger partial charge in [-0.25, -0.2) is 0 Å². The molecular weight excluding hydrogens is 208 g/mol. The first-order valence-electron chi connectivity index (χ1n) is 5.83. The highest BCUT2D eigenvalue weighted by atomic mass is 16.4. The van der Waals surface area contributed by atoms with E-state index >= 15 is 0 Å². The average molecular weight is 230 g/mol. The summed E-state index contributed by atoms with van der Waals surface area (Å²) >= 11 is 0. The molecule has 0 heterocycles. The molecule has 16 heavy (non-hydrogen) atoms. The third kappa shape index (κ3) is 3.43. The van der Waals surface area contributed by atoms with Crippen molar-refractivity contribution in [1.29, 1.82) is 0 Å². The van der Waals surface area contributed by atoms with Gasteiger partial charge in [-0.3, -0.25) is 4.79 Å². The molecule has 0 radical (unpaired) electrons. The normalized spacial score (nSPS) is 32.3. The maximum Gasteiger partial charge on any atom is 0.321 e. The van der Waals surface area contributed by atoms with E-state index in [0.717, 1.165) is 19.3 Å². The van der Waals surface area contributed by atoms with Crippen molar-refractivity contribution in [2.45, 2.75) is 44.2 Å². The summed E-state index contributed by atoms with van der Waals surface area (Å²) in [5.41, 5.74) is 5.11. The van der Waals surface area contributed by atoms with Crippen LogP contribution in [0, 0.1) is 5.92 Å². The van der Waals surface area contributed by atoms with E-state index in [9.17, 15) is 9.90 Å². The lowest BCUT2D eigenvalue weighted by Crippen LogP contribution is -2.55. The van der Waals surface area contributed by atoms with Crippen LogP contribution in [0.4, 0.5) is 0 Å². The Labute approximate surface area is 96.0 Å². The van der Waals surface area contributed by atoms with E-state index in [4.69, 9.17) is 10.8 Å². The molecule has 0 bridgehead atoms. The first kappa shape index (κ1) is 13.4. The Morgan fingerprint density at radius 1 is 1.69 bits per heavy atom. The van der Waals surface area contributed by atoms with Crippen LogP contribution in [0.5, 0.6) is 0 Å². The lowest BCUT2D eigenvalue weighted by Gasteiger charge is -2.40. The molecule has 0 spiro atoms. The van der Waals surface area contributed by atoms with Crippen LogP contribution in [0.15, 0.2) is 0 Å². The monoisotopic (exact) mass is 230 g/mol. The summed E-state index contributed by atoms with van der Waals surface area (Å²) in [6.07, 6.45) is 4.02. The average Bonchev–Trinajstić information content (AvgIpc) is 2.26. The fourth-order valence-electron chi connectivity index (χ4n) is 2.43. The zero-order valence-electron chi connectivity index (χ0n) is 9.78. The molecule has 1 rings (SSSR count). The summed E-state index contributed by atoms with van der Waals surface area (Å²) < 4.78 is 0. The second kappa shape index (κ2) is 5.61. The maximum absolute atomic E-state index is 10.6. The Morgan fingerprint density at radius 3 is 2.88 bits per heavy atom. The Balaban J connectivity index is 2.49. The van der Waals surface area contributed by atoms with Crippen LogP contribution < -0.4 is 11.1 Å². The highest BCUT2D eigenvalue weighted by Crippen LogP contribution is 2.31. The predicted octanol–water partition coefficient (Wildman–Crippen LogP) is -0.0709. The van der Waals surface area contributed by atoms with Crippen LogP contribution in [-0.2, 0) is 4.79 Å². The van der Waals surface area contributed by atoms with E-state index in [-0.39, 0.29) is 18.7 Å². The van der Waals surface area contributed by atoms with Crippen molar-refractivity contribution in [3.8, 4) is 0 Å². The minimum absolute atomic E-state index is 0.0453. The van der Waals surface area contributed by atoms with Crippen molar-refractivity contribution in [2.24, 2.45) is 11.7 Å². The van der Waals surface area contributed by atoms with E-state index in [1.807, 2.05) is 0 Å². The number of aliphatic hydroxyl groups excluding tert-OH is 1. The third-order valence-corrected chi connectivity index (χ3v) is 3.41. The number of carboxylic acids is 1. The molecule has 0 aliphatic heterocycles. The van der Waals surface area contributed by atoms with Crippen molar-refractivity contribution in [1.82, 2.24) is 5.32 Å². The number of aliphatic hydroxyl groups is 1. The molecule has 0 saturated heterocycles. The molecule has 1 aliphatic rings. The molecular formula is C11H22N2O3. The van der Waals surface area contributed by atoms with Gasteiger partial charge in [0.25, 0.3) is 0 Å². The number of hydrogen-bond acceptors (Lipinski definition) is 4. The number of aliphatic carboxylic acids is 1.